The number of rotatable bonds is 5. The van der Waals surface area contributed by atoms with Crippen LogP contribution in [0.5, 0.6) is 0 Å². The molecule has 0 saturated heterocycles. The average molecular weight is 358 g/mol. The van der Waals surface area contributed by atoms with E-state index >= 15 is 0 Å². The second kappa shape index (κ2) is 6.14. The summed E-state index contributed by atoms with van der Waals surface area (Å²) in [6, 6.07) is 3.38. The van der Waals surface area contributed by atoms with Crippen molar-refractivity contribution < 1.29 is 8.42 Å². The van der Waals surface area contributed by atoms with E-state index in [0.29, 0.717) is 17.0 Å². The maximum atomic E-state index is 12.2. The first-order valence-corrected chi connectivity index (χ1v) is 8.00. The van der Waals surface area contributed by atoms with Gasteiger partial charge in [0, 0.05) is 12.7 Å². The van der Waals surface area contributed by atoms with Crippen LogP contribution in [0.1, 0.15) is 6.92 Å². The molecule has 2 rings (SSSR count). The third kappa shape index (κ3) is 3.42. The van der Waals surface area contributed by atoms with Crippen LogP contribution in [0.2, 0.25) is 0 Å². The van der Waals surface area contributed by atoms with Gasteiger partial charge >= 0.3 is 0 Å². The van der Waals surface area contributed by atoms with Crippen LogP contribution in [0.15, 0.2) is 40.1 Å². The molecule has 0 unspecified atom stereocenters. The lowest BCUT2D eigenvalue weighted by atomic mass is 10.5. The van der Waals surface area contributed by atoms with E-state index in [1.54, 1.807) is 12.1 Å². The number of anilines is 2. The molecule has 0 atom stereocenters. The molecule has 2 heterocycles. The van der Waals surface area contributed by atoms with Crippen LogP contribution >= 0.6 is 15.9 Å². The molecular formula is C11H12BrN5O2S. The quantitative estimate of drug-likeness (QED) is 0.847. The van der Waals surface area contributed by atoms with Crippen molar-refractivity contribution in [2.24, 2.45) is 0 Å². The van der Waals surface area contributed by atoms with Crippen LogP contribution in [0.4, 0.5) is 11.8 Å². The Balaban J connectivity index is 2.24. The first kappa shape index (κ1) is 14.7. The summed E-state index contributed by atoms with van der Waals surface area (Å²) in [6.45, 7) is 2.55. The van der Waals surface area contributed by atoms with Gasteiger partial charge in [0.05, 0.1) is 16.9 Å². The minimum absolute atomic E-state index is 0.0308. The van der Waals surface area contributed by atoms with Crippen LogP contribution < -0.4 is 10.0 Å². The van der Waals surface area contributed by atoms with Crippen LogP contribution in [-0.4, -0.2) is 29.9 Å². The molecule has 0 spiro atoms. The van der Waals surface area contributed by atoms with Gasteiger partial charge in [-0.15, -0.1) is 0 Å². The molecular weight excluding hydrogens is 346 g/mol. The molecule has 0 aliphatic heterocycles. The molecule has 9 heteroatoms. The zero-order chi connectivity index (χ0) is 14.6. The first-order chi connectivity index (χ1) is 9.53. The average Bonchev–Trinajstić information content (AvgIpc) is 2.42. The topological polar surface area (TPSA) is 96.9 Å². The van der Waals surface area contributed by atoms with Crippen LogP contribution in [0.3, 0.4) is 0 Å². The summed E-state index contributed by atoms with van der Waals surface area (Å²) in [7, 11) is -3.76. The molecule has 0 fully saturated rings. The molecule has 0 aliphatic rings. The van der Waals surface area contributed by atoms with Crippen LogP contribution in [0, 0.1) is 0 Å². The van der Waals surface area contributed by atoms with Crippen molar-refractivity contribution in [2.45, 2.75) is 11.8 Å². The van der Waals surface area contributed by atoms with E-state index < -0.39 is 10.0 Å². The third-order valence-corrected chi connectivity index (χ3v) is 4.20. The number of hydrogen-bond acceptors (Lipinski definition) is 6. The molecule has 0 bridgehead atoms. The molecule has 0 amide bonds. The van der Waals surface area contributed by atoms with Gasteiger partial charge < -0.3 is 5.32 Å². The number of halogens is 1. The van der Waals surface area contributed by atoms with Crippen LogP contribution in [-0.2, 0) is 10.0 Å². The van der Waals surface area contributed by atoms with Gasteiger partial charge in [-0.2, -0.15) is 0 Å². The molecule has 2 aromatic heterocycles. The maximum absolute atomic E-state index is 12.2. The zero-order valence-electron chi connectivity index (χ0n) is 10.5. The van der Waals surface area contributed by atoms with E-state index in [-0.39, 0.29) is 10.7 Å². The van der Waals surface area contributed by atoms with Crippen molar-refractivity contribution in [1.29, 1.82) is 0 Å². The lowest BCUT2D eigenvalue weighted by Crippen LogP contribution is -2.15. The molecule has 2 N–H and O–H groups in total. The summed E-state index contributed by atoms with van der Waals surface area (Å²) >= 11 is 3.22. The fourth-order valence-electron chi connectivity index (χ4n) is 1.35. The van der Waals surface area contributed by atoms with Crippen molar-refractivity contribution in [3.05, 3.63) is 35.2 Å². The van der Waals surface area contributed by atoms with E-state index in [1.165, 1.54) is 18.6 Å². The monoisotopic (exact) mass is 357 g/mol. The number of aromatic nitrogens is 3. The number of hydrogen-bond donors (Lipinski definition) is 2. The van der Waals surface area contributed by atoms with Crippen LogP contribution in [0.25, 0.3) is 0 Å². The molecule has 7 nitrogen and oxygen atoms in total. The van der Waals surface area contributed by atoms with E-state index in [4.69, 9.17) is 0 Å². The number of nitrogens with zero attached hydrogens (tertiary/aromatic N) is 3. The Kier molecular flexibility index (Phi) is 4.50. The zero-order valence-corrected chi connectivity index (χ0v) is 12.9. The lowest BCUT2D eigenvalue weighted by molar-refractivity contribution is 0.600. The van der Waals surface area contributed by atoms with E-state index in [9.17, 15) is 8.42 Å². The van der Waals surface area contributed by atoms with Crippen molar-refractivity contribution >= 4 is 37.7 Å². The fourth-order valence-corrected chi connectivity index (χ4v) is 2.75. The highest BCUT2D eigenvalue weighted by molar-refractivity contribution is 9.10. The summed E-state index contributed by atoms with van der Waals surface area (Å²) in [5.74, 6) is 0.591. The fraction of sp³-hybridized carbons (Fsp3) is 0.182. The van der Waals surface area contributed by atoms with Crippen molar-refractivity contribution in [3.63, 3.8) is 0 Å². The largest absolute Gasteiger partial charge is 0.355 e. The van der Waals surface area contributed by atoms with Crippen molar-refractivity contribution in [3.8, 4) is 0 Å². The van der Waals surface area contributed by atoms with Gasteiger partial charge in [0.25, 0.3) is 10.0 Å². The Hall–Kier alpha value is -1.74. The summed E-state index contributed by atoms with van der Waals surface area (Å²) in [5, 5.41) is 2.89. The van der Waals surface area contributed by atoms with Crippen molar-refractivity contribution in [1.82, 2.24) is 15.0 Å². The highest BCUT2D eigenvalue weighted by Crippen LogP contribution is 2.21. The van der Waals surface area contributed by atoms with E-state index in [0.717, 1.165) is 0 Å². The second-order valence-corrected chi connectivity index (χ2v) is 6.25. The SMILES string of the molecule is CCNc1ncc(S(=O)(=O)Nc2ncccc2Br)cn1. The summed E-state index contributed by atoms with van der Waals surface area (Å²) in [6.07, 6.45) is 3.97. The Labute approximate surface area is 125 Å². The Morgan fingerprint density at radius 3 is 2.55 bits per heavy atom. The van der Waals surface area contributed by atoms with Crippen molar-refractivity contribution in [2.75, 3.05) is 16.6 Å². The van der Waals surface area contributed by atoms with Gasteiger partial charge in [-0.3, -0.25) is 4.72 Å². The standard InChI is InChI=1S/C11H12BrN5O2S/c1-2-13-11-15-6-8(7-16-11)20(18,19)17-10-9(12)4-3-5-14-10/h3-7H,2H2,1H3,(H,14,17)(H,13,15,16). The normalized spacial score (nSPS) is 11.1. The Bertz CT molecular complexity index is 690. The van der Waals surface area contributed by atoms with Gasteiger partial charge in [-0.1, -0.05) is 0 Å². The summed E-state index contributed by atoms with van der Waals surface area (Å²) in [4.78, 5) is 11.8. The predicted octanol–water partition coefficient (Wildman–Crippen LogP) is 1.87. The van der Waals surface area contributed by atoms with E-state index in [1.807, 2.05) is 6.92 Å². The number of nitrogens with one attached hydrogen (secondary N) is 2. The van der Waals surface area contributed by atoms with Gasteiger partial charge in [0.2, 0.25) is 5.95 Å². The van der Waals surface area contributed by atoms with Gasteiger partial charge in [0.15, 0.2) is 5.82 Å². The molecule has 20 heavy (non-hydrogen) atoms. The molecule has 0 aliphatic carbocycles. The minimum Gasteiger partial charge on any atom is -0.355 e. The van der Waals surface area contributed by atoms with E-state index in [2.05, 4.69) is 40.9 Å². The molecule has 2 aromatic rings. The smallest absolute Gasteiger partial charge is 0.266 e. The Morgan fingerprint density at radius 2 is 1.95 bits per heavy atom. The van der Waals surface area contributed by atoms with Gasteiger partial charge in [0.1, 0.15) is 4.90 Å². The molecule has 0 radical (unpaired) electrons. The number of sulfonamides is 1. The maximum Gasteiger partial charge on any atom is 0.266 e. The first-order valence-electron chi connectivity index (χ1n) is 5.72. The highest BCUT2D eigenvalue weighted by Gasteiger charge is 2.17. The summed E-state index contributed by atoms with van der Waals surface area (Å²) in [5.41, 5.74) is 0. The highest BCUT2D eigenvalue weighted by atomic mass is 79.9. The third-order valence-electron chi connectivity index (χ3n) is 2.26. The molecule has 0 aromatic carbocycles. The van der Waals surface area contributed by atoms with Gasteiger partial charge in [-0.25, -0.2) is 23.4 Å². The molecule has 0 saturated carbocycles. The lowest BCUT2D eigenvalue weighted by Gasteiger charge is -2.08. The predicted molar refractivity (Wildman–Crippen MR) is 78.9 cm³/mol. The Morgan fingerprint density at radius 1 is 1.25 bits per heavy atom. The summed E-state index contributed by atoms with van der Waals surface area (Å²) < 4.78 is 27.2. The second-order valence-electron chi connectivity index (χ2n) is 3.71. The minimum atomic E-state index is -3.76. The molecule has 106 valence electrons. The van der Waals surface area contributed by atoms with Gasteiger partial charge in [-0.05, 0) is 35.0 Å². The number of pyridine rings is 1.